The maximum atomic E-state index is 13.5. The molecule has 9 heteroatoms. The molecule has 1 amide bonds. The largest absolute Gasteiger partial charge is 0.457 e. The van der Waals surface area contributed by atoms with Crippen molar-refractivity contribution in [3.8, 4) is 17.2 Å². The Morgan fingerprint density at radius 2 is 1.68 bits per heavy atom. The maximum Gasteiger partial charge on any atom is 0.269 e. The van der Waals surface area contributed by atoms with Crippen molar-refractivity contribution in [1.82, 2.24) is 19.1 Å². The van der Waals surface area contributed by atoms with Gasteiger partial charge in [-0.25, -0.2) is 9.97 Å². The lowest BCUT2D eigenvalue weighted by Gasteiger charge is -2.13. The van der Waals surface area contributed by atoms with Gasteiger partial charge in [0.05, 0.1) is 11.1 Å². The second-order valence-corrected chi connectivity index (χ2v) is 9.08. The zero-order valence-electron chi connectivity index (χ0n) is 20.1. The van der Waals surface area contributed by atoms with Gasteiger partial charge in [-0.05, 0) is 78.9 Å². The number of halogens is 1. The minimum absolute atomic E-state index is 0.0102. The highest BCUT2D eigenvalue weighted by atomic mass is 35.5. The van der Waals surface area contributed by atoms with E-state index in [2.05, 4.69) is 15.3 Å². The van der Waals surface area contributed by atoms with E-state index in [1.807, 2.05) is 23.9 Å². The standard InChI is InChI=1S/C29H20ClN5O3/c1-34-16-13-23-25(12-15-32-27(23)34)38-22-10-6-20(7-11-22)33-28(36)24-17-18-3-2-14-31-26(18)35(29(24)37)21-8-4-19(30)5-9-21/h2-17H,1H3,(H,33,36). The number of nitrogens with zero attached hydrogens (tertiary/aromatic N) is 4. The molecule has 0 aliphatic heterocycles. The van der Waals surface area contributed by atoms with E-state index in [1.54, 1.807) is 85.2 Å². The fourth-order valence-electron chi connectivity index (χ4n) is 4.30. The molecular weight excluding hydrogens is 502 g/mol. The third-order valence-electron chi connectivity index (χ3n) is 6.16. The Bertz CT molecular complexity index is 1880. The minimum atomic E-state index is -0.530. The number of pyridine rings is 3. The number of aromatic nitrogens is 4. The van der Waals surface area contributed by atoms with Gasteiger partial charge >= 0.3 is 0 Å². The van der Waals surface area contributed by atoms with Crippen molar-refractivity contribution in [2.45, 2.75) is 0 Å². The molecule has 0 saturated heterocycles. The van der Waals surface area contributed by atoms with E-state index >= 15 is 0 Å². The lowest BCUT2D eigenvalue weighted by atomic mass is 10.1. The second-order valence-electron chi connectivity index (χ2n) is 8.64. The SMILES string of the molecule is Cn1ccc2c(Oc3ccc(NC(=O)c4cc5cccnc5n(-c5ccc(Cl)cc5)c4=O)cc3)ccnc21. The molecule has 186 valence electrons. The van der Waals surface area contributed by atoms with Crippen LogP contribution in [0.1, 0.15) is 10.4 Å². The molecule has 0 spiro atoms. The number of amides is 1. The predicted octanol–water partition coefficient (Wildman–Crippen LogP) is 5.97. The van der Waals surface area contributed by atoms with E-state index in [1.165, 1.54) is 4.57 Å². The Labute approximate surface area is 221 Å². The number of aryl methyl sites for hydroxylation is 1. The number of hydrogen-bond acceptors (Lipinski definition) is 5. The van der Waals surface area contributed by atoms with Crippen LogP contribution in [-0.4, -0.2) is 25.0 Å². The summed E-state index contributed by atoms with van der Waals surface area (Å²) in [5.74, 6) is 0.749. The van der Waals surface area contributed by atoms with Crippen molar-refractivity contribution >= 4 is 45.3 Å². The van der Waals surface area contributed by atoms with E-state index in [9.17, 15) is 9.59 Å². The average molecular weight is 522 g/mol. The summed E-state index contributed by atoms with van der Waals surface area (Å²) >= 11 is 6.03. The highest BCUT2D eigenvalue weighted by molar-refractivity contribution is 6.30. The summed E-state index contributed by atoms with van der Waals surface area (Å²) in [7, 11) is 1.92. The first-order valence-electron chi connectivity index (χ1n) is 11.7. The molecule has 8 nitrogen and oxygen atoms in total. The molecule has 4 heterocycles. The monoisotopic (exact) mass is 521 g/mol. The number of hydrogen-bond donors (Lipinski definition) is 1. The van der Waals surface area contributed by atoms with Gasteiger partial charge in [0.25, 0.3) is 11.5 Å². The molecular formula is C29H20ClN5O3. The van der Waals surface area contributed by atoms with Crippen LogP contribution in [0.2, 0.25) is 5.02 Å². The Hall–Kier alpha value is -4.95. The molecule has 4 aromatic heterocycles. The van der Waals surface area contributed by atoms with Crippen molar-refractivity contribution in [1.29, 1.82) is 0 Å². The summed E-state index contributed by atoms with van der Waals surface area (Å²) in [5.41, 5.74) is 1.85. The van der Waals surface area contributed by atoms with E-state index in [0.717, 1.165) is 11.0 Å². The fraction of sp³-hybridized carbons (Fsp3) is 0.0345. The van der Waals surface area contributed by atoms with E-state index in [-0.39, 0.29) is 5.56 Å². The number of rotatable bonds is 5. The van der Waals surface area contributed by atoms with Crippen LogP contribution in [-0.2, 0) is 7.05 Å². The van der Waals surface area contributed by atoms with Crippen molar-refractivity contribution in [3.05, 3.63) is 118 Å². The van der Waals surface area contributed by atoms with Crippen LogP contribution in [0, 0.1) is 0 Å². The average Bonchev–Trinajstić information content (AvgIpc) is 3.32. The van der Waals surface area contributed by atoms with Crippen LogP contribution in [0.3, 0.4) is 0 Å². The highest BCUT2D eigenvalue weighted by Crippen LogP contribution is 2.30. The fourth-order valence-corrected chi connectivity index (χ4v) is 4.42. The molecule has 0 fully saturated rings. The number of carbonyl (C=O) groups excluding carboxylic acids is 1. The van der Waals surface area contributed by atoms with E-state index in [0.29, 0.717) is 38.9 Å². The van der Waals surface area contributed by atoms with Crippen LogP contribution < -0.4 is 15.6 Å². The molecule has 0 atom stereocenters. The topological polar surface area (TPSA) is 91.0 Å². The summed E-state index contributed by atoms with van der Waals surface area (Å²) < 4.78 is 9.39. The molecule has 2 aromatic carbocycles. The van der Waals surface area contributed by atoms with Gasteiger partial charge in [0.2, 0.25) is 0 Å². The third-order valence-corrected chi connectivity index (χ3v) is 6.41. The van der Waals surface area contributed by atoms with Gasteiger partial charge in [-0.15, -0.1) is 0 Å². The number of carbonyl (C=O) groups is 1. The van der Waals surface area contributed by atoms with Crippen molar-refractivity contribution < 1.29 is 9.53 Å². The first kappa shape index (κ1) is 23.4. The molecule has 0 aliphatic rings. The molecule has 6 aromatic rings. The van der Waals surface area contributed by atoms with Crippen LogP contribution in [0.15, 0.2) is 102 Å². The summed E-state index contributed by atoms with van der Waals surface area (Å²) in [6, 6.07) is 22.6. The Balaban J connectivity index is 1.29. The molecule has 0 radical (unpaired) electrons. The second kappa shape index (κ2) is 9.49. The smallest absolute Gasteiger partial charge is 0.269 e. The Morgan fingerprint density at radius 1 is 0.921 bits per heavy atom. The third kappa shape index (κ3) is 4.27. The van der Waals surface area contributed by atoms with Gasteiger partial charge in [0, 0.05) is 41.7 Å². The lowest BCUT2D eigenvalue weighted by molar-refractivity contribution is 0.102. The summed E-state index contributed by atoms with van der Waals surface area (Å²) in [5, 5.41) is 4.90. The van der Waals surface area contributed by atoms with Gasteiger partial charge in [0.15, 0.2) is 0 Å². The van der Waals surface area contributed by atoms with Crippen molar-refractivity contribution in [3.63, 3.8) is 0 Å². The number of anilines is 1. The zero-order valence-corrected chi connectivity index (χ0v) is 20.9. The predicted molar refractivity (Wildman–Crippen MR) is 148 cm³/mol. The Morgan fingerprint density at radius 3 is 2.47 bits per heavy atom. The number of fused-ring (bicyclic) bond motifs is 2. The lowest BCUT2D eigenvalue weighted by Crippen LogP contribution is -2.29. The molecule has 1 N–H and O–H groups in total. The normalized spacial score (nSPS) is 11.1. The van der Waals surface area contributed by atoms with Crippen molar-refractivity contribution in [2.75, 3.05) is 5.32 Å². The number of nitrogens with one attached hydrogen (secondary N) is 1. The van der Waals surface area contributed by atoms with Crippen LogP contribution in [0.4, 0.5) is 5.69 Å². The van der Waals surface area contributed by atoms with Gasteiger partial charge in [-0.1, -0.05) is 11.6 Å². The van der Waals surface area contributed by atoms with E-state index in [4.69, 9.17) is 16.3 Å². The van der Waals surface area contributed by atoms with Gasteiger partial charge in [-0.2, -0.15) is 0 Å². The summed E-state index contributed by atoms with van der Waals surface area (Å²) in [6.07, 6.45) is 5.22. The highest BCUT2D eigenvalue weighted by Gasteiger charge is 2.18. The molecule has 6 rings (SSSR count). The molecule has 0 unspecified atom stereocenters. The van der Waals surface area contributed by atoms with Gasteiger partial charge < -0.3 is 14.6 Å². The number of ether oxygens (including phenoxy) is 1. The van der Waals surface area contributed by atoms with Crippen LogP contribution in [0.5, 0.6) is 11.5 Å². The quantitative estimate of drug-likeness (QED) is 0.302. The van der Waals surface area contributed by atoms with Gasteiger partial charge in [-0.3, -0.25) is 14.2 Å². The van der Waals surface area contributed by atoms with Crippen LogP contribution in [0.25, 0.3) is 27.8 Å². The molecule has 0 bridgehead atoms. The van der Waals surface area contributed by atoms with Crippen molar-refractivity contribution in [2.24, 2.45) is 7.05 Å². The summed E-state index contributed by atoms with van der Waals surface area (Å²) in [4.78, 5) is 35.4. The number of benzene rings is 2. The first-order valence-corrected chi connectivity index (χ1v) is 12.1. The summed E-state index contributed by atoms with van der Waals surface area (Å²) in [6.45, 7) is 0. The van der Waals surface area contributed by atoms with Crippen LogP contribution >= 0.6 is 11.6 Å². The Kier molecular flexibility index (Phi) is 5.86. The zero-order chi connectivity index (χ0) is 26.2. The molecule has 0 saturated carbocycles. The first-order chi connectivity index (χ1) is 18.5. The van der Waals surface area contributed by atoms with Gasteiger partial charge in [0.1, 0.15) is 28.4 Å². The minimum Gasteiger partial charge on any atom is -0.457 e. The molecule has 0 aliphatic carbocycles. The molecule has 38 heavy (non-hydrogen) atoms. The maximum absolute atomic E-state index is 13.5. The van der Waals surface area contributed by atoms with E-state index < -0.39 is 11.5 Å².